The number of rotatable bonds is 3. The van der Waals surface area contributed by atoms with Gasteiger partial charge in [0.1, 0.15) is 0 Å². The third-order valence-corrected chi connectivity index (χ3v) is 3.37. The van der Waals surface area contributed by atoms with Gasteiger partial charge in [0, 0.05) is 11.1 Å². The zero-order valence-corrected chi connectivity index (χ0v) is 8.98. The number of pyridine rings is 1. The number of nitrogens with zero attached hydrogens (tertiary/aromatic N) is 1. The molecule has 2 nitrogen and oxygen atoms in total. The van der Waals surface area contributed by atoms with Crippen LogP contribution in [0.5, 0.6) is 0 Å². The quantitative estimate of drug-likeness (QED) is 0.790. The van der Waals surface area contributed by atoms with Gasteiger partial charge >= 0.3 is 0 Å². The highest BCUT2D eigenvalue weighted by atomic mass is 32.2. The molecule has 2 rings (SSSR count). The smallest absolute Gasteiger partial charge is 0.0705 e. The van der Waals surface area contributed by atoms with Crippen LogP contribution in [0, 0.1) is 0 Å². The molecule has 3 heteroatoms. The fraction of sp³-hybridized carbons (Fsp3) is 0.0833. The third-order valence-electron chi connectivity index (χ3n) is 2.01. The summed E-state index contributed by atoms with van der Waals surface area (Å²) in [5.41, 5.74) is 0.861. The fourth-order valence-corrected chi connectivity index (χ4v) is 2.34. The number of benzene rings is 1. The Morgan fingerprint density at radius 3 is 2.40 bits per heavy atom. The van der Waals surface area contributed by atoms with Gasteiger partial charge in [-0.1, -0.05) is 24.3 Å². The second kappa shape index (κ2) is 4.84. The van der Waals surface area contributed by atoms with Gasteiger partial charge in [-0.05, 0) is 24.3 Å². The van der Waals surface area contributed by atoms with Crippen molar-refractivity contribution >= 4 is 10.8 Å². The normalized spacial score (nSPS) is 12.3. The minimum atomic E-state index is -0.997. The standard InChI is InChI=1S/C12H11NOS/c14-15(12-7-2-1-3-8-12)10-11-6-4-5-9-13-11/h1-9H,10H2/t15-/m0/s1. The molecule has 0 aliphatic rings. The average Bonchev–Trinajstić information content (AvgIpc) is 2.31. The van der Waals surface area contributed by atoms with Crippen LogP contribution in [0.3, 0.4) is 0 Å². The van der Waals surface area contributed by atoms with Crippen LogP contribution < -0.4 is 0 Å². The molecule has 15 heavy (non-hydrogen) atoms. The summed E-state index contributed by atoms with van der Waals surface area (Å²) in [4.78, 5) is 5.00. The number of hydrogen-bond acceptors (Lipinski definition) is 2. The van der Waals surface area contributed by atoms with E-state index < -0.39 is 10.8 Å². The minimum absolute atomic E-state index is 0.477. The second-order valence-electron chi connectivity index (χ2n) is 3.12. The molecule has 1 heterocycles. The van der Waals surface area contributed by atoms with Gasteiger partial charge < -0.3 is 0 Å². The topological polar surface area (TPSA) is 30.0 Å². The van der Waals surface area contributed by atoms with E-state index in [-0.39, 0.29) is 0 Å². The lowest BCUT2D eigenvalue weighted by Crippen LogP contribution is -1.97. The minimum Gasteiger partial charge on any atom is -0.260 e. The van der Waals surface area contributed by atoms with E-state index in [0.717, 1.165) is 10.6 Å². The Bertz CT molecular complexity index is 442. The Hall–Kier alpha value is -1.48. The van der Waals surface area contributed by atoms with Crippen molar-refractivity contribution in [1.82, 2.24) is 4.98 Å². The molecule has 0 bridgehead atoms. The molecule has 0 saturated heterocycles. The molecule has 0 aliphatic carbocycles. The van der Waals surface area contributed by atoms with Crippen LogP contribution in [0.2, 0.25) is 0 Å². The first-order chi connectivity index (χ1) is 7.36. The van der Waals surface area contributed by atoms with Gasteiger partial charge in [-0.25, -0.2) is 0 Å². The number of hydrogen-bond donors (Lipinski definition) is 0. The molecule has 0 saturated carbocycles. The van der Waals surface area contributed by atoms with Crippen molar-refractivity contribution in [2.24, 2.45) is 0 Å². The first kappa shape index (κ1) is 10.1. The third kappa shape index (κ3) is 2.73. The summed E-state index contributed by atoms with van der Waals surface area (Å²) in [5, 5.41) is 0. The van der Waals surface area contributed by atoms with Crippen molar-refractivity contribution in [2.75, 3.05) is 0 Å². The van der Waals surface area contributed by atoms with Crippen molar-refractivity contribution in [2.45, 2.75) is 10.6 Å². The SMILES string of the molecule is O=[S@@](Cc1ccccn1)c1ccccc1. The lowest BCUT2D eigenvalue weighted by atomic mass is 10.4. The van der Waals surface area contributed by atoms with Crippen LogP contribution in [0.1, 0.15) is 5.69 Å². The molecule has 0 aliphatic heterocycles. The van der Waals surface area contributed by atoms with Crippen molar-refractivity contribution in [1.29, 1.82) is 0 Å². The molecule has 2 aromatic rings. The van der Waals surface area contributed by atoms with Crippen LogP contribution in [0.25, 0.3) is 0 Å². The van der Waals surface area contributed by atoms with Gasteiger partial charge in [0.05, 0.1) is 22.2 Å². The molecular weight excluding hydrogens is 206 g/mol. The Morgan fingerprint density at radius 1 is 1.00 bits per heavy atom. The molecular formula is C12H11NOS. The molecule has 0 radical (unpaired) electrons. The maximum atomic E-state index is 11.9. The fourth-order valence-electron chi connectivity index (χ4n) is 1.27. The van der Waals surface area contributed by atoms with Crippen LogP contribution in [0.15, 0.2) is 59.6 Å². The van der Waals surface area contributed by atoms with Crippen molar-refractivity contribution < 1.29 is 4.21 Å². The lowest BCUT2D eigenvalue weighted by molar-refractivity contribution is 0.682. The van der Waals surface area contributed by atoms with Crippen LogP contribution in [-0.2, 0) is 16.6 Å². The van der Waals surface area contributed by atoms with E-state index >= 15 is 0 Å². The van der Waals surface area contributed by atoms with E-state index in [9.17, 15) is 4.21 Å². The van der Waals surface area contributed by atoms with Crippen molar-refractivity contribution in [3.8, 4) is 0 Å². The summed E-state index contributed by atoms with van der Waals surface area (Å²) in [6.45, 7) is 0. The summed E-state index contributed by atoms with van der Waals surface area (Å²) in [5.74, 6) is 0.477. The van der Waals surface area contributed by atoms with Crippen molar-refractivity contribution in [3.05, 3.63) is 60.4 Å². The van der Waals surface area contributed by atoms with E-state index in [1.165, 1.54) is 0 Å². The Labute approximate surface area is 91.4 Å². The Morgan fingerprint density at radius 2 is 1.73 bits per heavy atom. The highest BCUT2D eigenvalue weighted by Gasteiger charge is 2.04. The highest BCUT2D eigenvalue weighted by Crippen LogP contribution is 2.09. The maximum Gasteiger partial charge on any atom is 0.0705 e. The molecule has 76 valence electrons. The Kier molecular flexibility index (Phi) is 3.25. The molecule has 0 fully saturated rings. The van der Waals surface area contributed by atoms with Gasteiger partial charge in [-0.2, -0.15) is 0 Å². The molecule has 0 spiro atoms. The first-order valence-electron chi connectivity index (χ1n) is 4.69. The predicted molar refractivity (Wildman–Crippen MR) is 60.8 cm³/mol. The second-order valence-corrected chi connectivity index (χ2v) is 4.58. The zero-order chi connectivity index (χ0) is 10.5. The summed E-state index contributed by atoms with van der Waals surface area (Å²) >= 11 is 0. The predicted octanol–water partition coefficient (Wildman–Crippen LogP) is 2.39. The van der Waals surface area contributed by atoms with Gasteiger partial charge in [0.2, 0.25) is 0 Å². The monoisotopic (exact) mass is 217 g/mol. The van der Waals surface area contributed by atoms with Crippen LogP contribution in [-0.4, -0.2) is 9.19 Å². The molecule has 0 N–H and O–H groups in total. The van der Waals surface area contributed by atoms with E-state index in [1.54, 1.807) is 6.20 Å². The number of aromatic nitrogens is 1. The highest BCUT2D eigenvalue weighted by molar-refractivity contribution is 7.84. The van der Waals surface area contributed by atoms with Gasteiger partial charge in [0.25, 0.3) is 0 Å². The molecule has 1 aromatic carbocycles. The van der Waals surface area contributed by atoms with E-state index in [0.29, 0.717) is 5.75 Å². The van der Waals surface area contributed by atoms with E-state index in [4.69, 9.17) is 0 Å². The average molecular weight is 217 g/mol. The Balaban J connectivity index is 2.12. The van der Waals surface area contributed by atoms with Crippen molar-refractivity contribution in [3.63, 3.8) is 0 Å². The largest absolute Gasteiger partial charge is 0.260 e. The first-order valence-corrected chi connectivity index (χ1v) is 6.01. The molecule has 0 unspecified atom stereocenters. The molecule has 1 aromatic heterocycles. The molecule has 1 atom stereocenters. The van der Waals surface area contributed by atoms with Crippen LogP contribution in [0.4, 0.5) is 0 Å². The van der Waals surface area contributed by atoms with Crippen LogP contribution >= 0.6 is 0 Å². The van der Waals surface area contributed by atoms with E-state index in [2.05, 4.69) is 4.98 Å². The summed E-state index contributed by atoms with van der Waals surface area (Å²) in [6, 6.07) is 15.1. The summed E-state index contributed by atoms with van der Waals surface area (Å²) < 4.78 is 11.9. The van der Waals surface area contributed by atoms with E-state index in [1.807, 2.05) is 48.5 Å². The molecule has 0 amide bonds. The lowest BCUT2D eigenvalue weighted by Gasteiger charge is -2.00. The van der Waals surface area contributed by atoms with Gasteiger partial charge in [-0.3, -0.25) is 9.19 Å². The van der Waals surface area contributed by atoms with Gasteiger partial charge in [-0.15, -0.1) is 0 Å². The van der Waals surface area contributed by atoms with Gasteiger partial charge in [0.15, 0.2) is 0 Å². The summed E-state index contributed by atoms with van der Waals surface area (Å²) in [6.07, 6.45) is 1.72. The maximum absolute atomic E-state index is 11.9. The summed E-state index contributed by atoms with van der Waals surface area (Å²) in [7, 11) is -0.997. The zero-order valence-electron chi connectivity index (χ0n) is 8.17.